The second kappa shape index (κ2) is 12.6. The number of rotatable bonds is 7. The summed E-state index contributed by atoms with van der Waals surface area (Å²) in [6, 6.07) is 16.9. The first-order valence-corrected chi connectivity index (χ1v) is 11.5. The van der Waals surface area contributed by atoms with Crippen molar-refractivity contribution in [2.75, 3.05) is 25.6 Å². The van der Waals surface area contributed by atoms with Gasteiger partial charge in [0.05, 0.1) is 12.3 Å². The van der Waals surface area contributed by atoms with Gasteiger partial charge in [0.1, 0.15) is 0 Å². The van der Waals surface area contributed by atoms with Gasteiger partial charge in [0.15, 0.2) is 0 Å². The van der Waals surface area contributed by atoms with E-state index in [1.807, 2.05) is 12.2 Å². The van der Waals surface area contributed by atoms with Crippen molar-refractivity contribution in [3.8, 4) is 0 Å². The summed E-state index contributed by atoms with van der Waals surface area (Å²) in [5.41, 5.74) is 6.10. The molecule has 0 saturated heterocycles. The predicted molar refractivity (Wildman–Crippen MR) is 136 cm³/mol. The average Bonchev–Trinajstić information content (AvgIpc) is 3.27. The summed E-state index contributed by atoms with van der Waals surface area (Å²) < 4.78 is 0. The largest absolute Gasteiger partial charge is 0.353 e. The monoisotopic (exact) mass is 488 g/mol. The Labute approximate surface area is 191 Å². The molecule has 0 atom stereocenters. The van der Waals surface area contributed by atoms with Gasteiger partial charge >= 0.3 is 0 Å². The third-order valence-corrected chi connectivity index (χ3v) is 5.58. The Morgan fingerprint density at radius 3 is 1.86 bits per heavy atom. The lowest BCUT2D eigenvalue weighted by Crippen LogP contribution is -2.30. The van der Waals surface area contributed by atoms with Crippen LogP contribution in [-0.4, -0.2) is 37.3 Å². The lowest BCUT2D eigenvalue weighted by molar-refractivity contribution is 0.918. The van der Waals surface area contributed by atoms with Crippen molar-refractivity contribution in [2.45, 2.75) is 9.79 Å². The molecule has 1 heterocycles. The van der Waals surface area contributed by atoms with Gasteiger partial charge < -0.3 is 5.32 Å². The van der Waals surface area contributed by atoms with Crippen molar-refractivity contribution in [1.29, 1.82) is 0 Å². The van der Waals surface area contributed by atoms with Crippen LogP contribution in [0.3, 0.4) is 0 Å². The van der Waals surface area contributed by atoms with Crippen LogP contribution in [0, 0.1) is 0 Å². The molecular weight excluding hydrogens is 464 g/mol. The van der Waals surface area contributed by atoms with Crippen molar-refractivity contribution in [2.24, 2.45) is 10.1 Å². The lowest BCUT2D eigenvalue weighted by atomic mass is 10.1. The second-order valence-corrected chi connectivity index (χ2v) is 7.78. The maximum absolute atomic E-state index is 4.49. The topological polar surface area (TPSA) is 48.8 Å². The molecule has 2 aromatic carbocycles. The Bertz CT molecular complexity index is 829. The molecule has 0 saturated carbocycles. The molecule has 0 spiro atoms. The molecule has 3 rings (SSSR count). The maximum Gasteiger partial charge on any atom is 0.212 e. The van der Waals surface area contributed by atoms with E-state index in [0.29, 0.717) is 5.96 Å². The summed E-state index contributed by atoms with van der Waals surface area (Å²) in [5, 5.41) is 7.66. The van der Waals surface area contributed by atoms with Crippen LogP contribution in [-0.2, 0) is 0 Å². The molecule has 1 aliphatic heterocycles. The number of hydrazone groups is 1. The first-order chi connectivity index (χ1) is 13.8. The number of benzene rings is 2. The number of nitrogens with one attached hydrogen (secondary N) is 2. The minimum Gasteiger partial charge on any atom is -0.353 e. The fraction of sp³-hybridized carbons (Fsp3) is 0.182. The van der Waals surface area contributed by atoms with E-state index in [9.17, 15) is 0 Å². The number of halogens is 1. The van der Waals surface area contributed by atoms with Crippen molar-refractivity contribution in [3.63, 3.8) is 0 Å². The molecule has 7 heteroatoms. The molecule has 152 valence electrons. The van der Waals surface area contributed by atoms with Crippen LogP contribution in [0.15, 0.2) is 80.6 Å². The molecule has 2 aromatic rings. The van der Waals surface area contributed by atoms with Gasteiger partial charge in [-0.2, -0.15) is 5.10 Å². The highest BCUT2D eigenvalue weighted by Gasteiger charge is 2.02. The van der Waals surface area contributed by atoms with E-state index >= 15 is 0 Å². The second-order valence-electron chi connectivity index (χ2n) is 6.02. The number of thioether (sulfide) groups is 2. The molecule has 0 aromatic heterocycles. The molecule has 0 fully saturated rings. The summed E-state index contributed by atoms with van der Waals surface area (Å²) >= 11 is 3.48. The summed E-state index contributed by atoms with van der Waals surface area (Å²) in [7, 11) is 0. The van der Waals surface area contributed by atoms with Gasteiger partial charge in [-0.05, 0) is 60.1 Å². The zero-order valence-corrected chi connectivity index (χ0v) is 19.8. The molecule has 4 nitrogen and oxygen atoms in total. The highest BCUT2D eigenvalue weighted by atomic mass is 79.9. The fourth-order valence-electron chi connectivity index (χ4n) is 2.51. The van der Waals surface area contributed by atoms with Crippen LogP contribution in [0.5, 0.6) is 0 Å². The SMILES string of the molecule is Br.CSc1ccc(/C=C/C(/C=C/c2ccc(SC)cc2)=NNC2=NCCN2)cc1. The normalized spacial score (nSPS) is 13.1. The summed E-state index contributed by atoms with van der Waals surface area (Å²) in [6.07, 6.45) is 12.3. The quantitative estimate of drug-likeness (QED) is 0.313. The zero-order valence-electron chi connectivity index (χ0n) is 16.5. The van der Waals surface area contributed by atoms with Crippen LogP contribution in [0.2, 0.25) is 0 Å². The summed E-state index contributed by atoms with van der Waals surface area (Å²) in [5.74, 6) is 0.716. The minimum absolute atomic E-state index is 0. The standard InChI is InChI=1S/C22H24N4S2.BrH/c1-27-20-11-5-17(6-12-20)3-9-19(25-26-22-23-15-16-24-22)10-4-18-7-13-21(28-2)14-8-18;/h3-14H,15-16H2,1-2H3,(H2,23,24,26);1H/b9-3+,10-4+;. The number of hydrogen-bond acceptors (Lipinski definition) is 6. The molecular formula is C22H25BrN4S2. The highest BCUT2D eigenvalue weighted by Crippen LogP contribution is 2.16. The number of nitrogens with zero attached hydrogens (tertiary/aromatic N) is 2. The van der Waals surface area contributed by atoms with Crippen LogP contribution in [0.25, 0.3) is 12.2 Å². The lowest BCUT2D eigenvalue weighted by Gasteiger charge is -2.02. The van der Waals surface area contributed by atoms with E-state index in [1.165, 1.54) is 9.79 Å². The summed E-state index contributed by atoms with van der Waals surface area (Å²) in [4.78, 5) is 6.83. The molecule has 0 unspecified atom stereocenters. The molecule has 0 radical (unpaired) electrons. The molecule has 29 heavy (non-hydrogen) atoms. The van der Waals surface area contributed by atoms with Crippen LogP contribution in [0.1, 0.15) is 11.1 Å². The van der Waals surface area contributed by atoms with Crippen molar-refractivity contribution >= 4 is 64.3 Å². The van der Waals surface area contributed by atoms with Gasteiger partial charge in [-0.25, -0.2) is 10.4 Å². The highest BCUT2D eigenvalue weighted by molar-refractivity contribution is 8.93. The minimum atomic E-state index is 0. The maximum atomic E-state index is 4.49. The third kappa shape index (κ3) is 7.76. The van der Waals surface area contributed by atoms with E-state index in [0.717, 1.165) is 29.9 Å². The Kier molecular flexibility index (Phi) is 10.1. The predicted octanol–water partition coefficient (Wildman–Crippen LogP) is 5.34. The first kappa shape index (κ1) is 23.3. The molecule has 2 N–H and O–H groups in total. The van der Waals surface area contributed by atoms with Gasteiger partial charge in [0, 0.05) is 16.3 Å². The third-order valence-electron chi connectivity index (χ3n) is 4.09. The van der Waals surface area contributed by atoms with E-state index in [1.54, 1.807) is 23.5 Å². The molecule has 1 aliphatic rings. The fourth-order valence-corrected chi connectivity index (χ4v) is 3.33. The van der Waals surface area contributed by atoms with Gasteiger partial charge in [0.25, 0.3) is 0 Å². The van der Waals surface area contributed by atoms with Crippen LogP contribution >= 0.6 is 40.5 Å². The number of aliphatic imine (C=N–C) groups is 1. The Hall–Kier alpha value is -1.96. The first-order valence-electron chi connectivity index (χ1n) is 9.03. The van der Waals surface area contributed by atoms with Gasteiger partial charge in [0.2, 0.25) is 5.96 Å². The van der Waals surface area contributed by atoms with Crippen LogP contribution in [0.4, 0.5) is 0 Å². The molecule has 0 amide bonds. The number of hydrogen-bond donors (Lipinski definition) is 2. The van der Waals surface area contributed by atoms with Crippen molar-refractivity contribution in [3.05, 3.63) is 71.8 Å². The number of allylic oxidation sites excluding steroid dienone is 2. The summed E-state index contributed by atoms with van der Waals surface area (Å²) in [6.45, 7) is 1.63. The Morgan fingerprint density at radius 2 is 1.45 bits per heavy atom. The van der Waals surface area contributed by atoms with Gasteiger partial charge in [-0.3, -0.25) is 0 Å². The Balaban J connectivity index is 0.00000300. The van der Waals surface area contributed by atoms with Gasteiger partial charge in [-0.15, -0.1) is 40.5 Å². The van der Waals surface area contributed by atoms with Gasteiger partial charge in [-0.1, -0.05) is 36.4 Å². The smallest absolute Gasteiger partial charge is 0.212 e. The van der Waals surface area contributed by atoms with E-state index in [2.05, 4.69) is 94.0 Å². The molecule has 0 aliphatic carbocycles. The zero-order chi connectivity index (χ0) is 19.6. The van der Waals surface area contributed by atoms with Crippen molar-refractivity contribution in [1.82, 2.24) is 10.7 Å². The van der Waals surface area contributed by atoms with E-state index in [-0.39, 0.29) is 17.0 Å². The van der Waals surface area contributed by atoms with Crippen LogP contribution < -0.4 is 10.7 Å². The Morgan fingerprint density at radius 1 is 0.931 bits per heavy atom. The van der Waals surface area contributed by atoms with Crippen molar-refractivity contribution < 1.29 is 0 Å². The average molecular weight is 490 g/mol. The van der Waals surface area contributed by atoms with E-state index in [4.69, 9.17) is 0 Å². The number of guanidine groups is 1. The van der Waals surface area contributed by atoms with E-state index < -0.39 is 0 Å². The molecule has 0 bridgehead atoms.